The van der Waals surface area contributed by atoms with E-state index in [1.54, 1.807) is 0 Å². The maximum absolute atomic E-state index is 13.0. The molecule has 1 aromatic rings. The highest BCUT2D eigenvalue weighted by Crippen LogP contribution is 2.42. The lowest BCUT2D eigenvalue weighted by molar-refractivity contribution is -0.130. The van der Waals surface area contributed by atoms with Gasteiger partial charge in [0, 0.05) is 22.1 Å². The van der Waals surface area contributed by atoms with Gasteiger partial charge in [-0.3, -0.25) is 10.2 Å². The lowest BCUT2D eigenvalue weighted by atomic mass is 9.82. The van der Waals surface area contributed by atoms with Crippen molar-refractivity contribution in [2.24, 2.45) is 5.41 Å². The zero-order chi connectivity index (χ0) is 17.6. The third kappa shape index (κ3) is 3.16. The van der Waals surface area contributed by atoms with Crippen LogP contribution >= 0.6 is 11.6 Å². The number of alkyl halides is 3. The van der Waals surface area contributed by atoms with Gasteiger partial charge in [0.15, 0.2) is 5.72 Å². The molecule has 0 spiro atoms. The molecule has 2 N–H and O–H groups in total. The molecule has 23 heavy (non-hydrogen) atoms. The topological polar surface area (TPSA) is 52.6 Å². The number of benzene rings is 1. The van der Waals surface area contributed by atoms with Gasteiger partial charge in [0.2, 0.25) is 0 Å². The van der Waals surface area contributed by atoms with E-state index >= 15 is 0 Å². The minimum atomic E-state index is -4.72. The highest BCUT2D eigenvalue weighted by Gasteiger charge is 2.55. The number of hydrazine groups is 1. The van der Waals surface area contributed by atoms with Crippen molar-refractivity contribution in [1.82, 2.24) is 10.4 Å². The standard InChI is InChI=1S/C15H16ClF3N2O2/c1-13(2,3)14(23)8-11(15(17,18)19)20-21(14)12(22)9-5-4-6-10(16)7-9/h4-8,20,23H,1-3H3. The number of allylic oxidation sites excluding steroid dienone is 1. The molecule has 0 aromatic heterocycles. The van der Waals surface area contributed by atoms with Crippen LogP contribution in [-0.2, 0) is 0 Å². The van der Waals surface area contributed by atoms with E-state index in [4.69, 9.17) is 11.6 Å². The van der Waals surface area contributed by atoms with Crippen molar-refractivity contribution in [3.8, 4) is 0 Å². The molecule has 0 saturated carbocycles. The number of halogens is 4. The Labute approximate surface area is 136 Å². The molecule has 1 aliphatic heterocycles. The molecule has 0 radical (unpaired) electrons. The lowest BCUT2D eigenvalue weighted by Gasteiger charge is -2.42. The van der Waals surface area contributed by atoms with E-state index in [0.717, 1.165) is 0 Å². The molecule has 4 nitrogen and oxygen atoms in total. The summed E-state index contributed by atoms with van der Waals surface area (Å²) in [6.07, 6.45) is -4.10. The second kappa shape index (κ2) is 5.42. The Hall–Kier alpha value is -1.73. The van der Waals surface area contributed by atoms with Crippen molar-refractivity contribution in [1.29, 1.82) is 0 Å². The number of carbonyl (C=O) groups is 1. The summed E-state index contributed by atoms with van der Waals surface area (Å²) in [5.41, 5.74) is -2.38. The highest BCUT2D eigenvalue weighted by atomic mass is 35.5. The first-order valence-corrected chi connectivity index (χ1v) is 7.13. The Kier molecular flexibility index (Phi) is 4.15. The molecule has 1 atom stereocenters. The molecule has 1 aliphatic rings. The molecule has 0 saturated heterocycles. The van der Waals surface area contributed by atoms with Crippen LogP contribution in [0.1, 0.15) is 31.1 Å². The van der Waals surface area contributed by atoms with E-state index in [1.807, 2.05) is 5.43 Å². The number of hydrogen-bond acceptors (Lipinski definition) is 3. The SMILES string of the molecule is CC(C)(C)C1(O)C=C(C(F)(F)F)NN1C(=O)c1cccc(Cl)c1. The first kappa shape index (κ1) is 17.6. The number of nitrogens with one attached hydrogen (secondary N) is 1. The normalized spacial score (nSPS) is 21.9. The van der Waals surface area contributed by atoms with Crippen molar-refractivity contribution < 1.29 is 23.1 Å². The minimum absolute atomic E-state index is 0.0597. The number of amides is 1. The van der Waals surface area contributed by atoms with Crippen LogP contribution in [0.4, 0.5) is 13.2 Å². The van der Waals surface area contributed by atoms with Crippen LogP contribution in [0.25, 0.3) is 0 Å². The number of nitrogens with zero attached hydrogens (tertiary/aromatic N) is 1. The maximum Gasteiger partial charge on any atom is 0.432 e. The second-order valence-corrected chi connectivity index (χ2v) is 6.73. The smallest absolute Gasteiger partial charge is 0.365 e. The zero-order valence-electron chi connectivity index (χ0n) is 12.7. The van der Waals surface area contributed by atoms with Gasteiger partial charge in [0.25, 0.3) is 5.91 Å². The van der Waals surface area contributed by atoms with Gasteiger partial charge in [-0.2, -0.15) is 13.2 Å². The third-order valence-electron chi connectivity index (χ3n) is 3.60. The molecule has 8 heteroatoms. The predicted molar refractivity (Wildman–Crippen MR) is 79.3 cm³/mol. The summed E-state index contributed by atoms with van der Waals surface area (Å²) in [6.45, 7) is 4.59. The largest absolute Gasteiger partial charge is 0.432 e. The average Bonchev–Trinajstić information content (AvgIpc) is 2.77. The van der Waals surface area contributed by atoms with Crippen LogP contribution < -0.4 is 5.43 Å². The van der Waals surface area contributed by atoms with Crippen LogP contribution in [0.2, 0.25) is 5.02 Å². The lowest BCUT2D eigenvalue weighted by Crippen LogP contribution is -2.59. The van der Waals surface area contributed by atoms with Gasteiger partial charge >= 0.3 is 6.18 Å². The van der Waals surface area contributed by atoms with Gasteiger partial charge in [-0.25, -0.2) is 5.01 Å². The van der Waals surface area contributed by atoms with E-state index in [1.165, 1.54) is 45.0 Å². The van der Waals surface area contributed by atoms with Gasteiger partial charge in [-0.05, 0) is 18.2 Å². The summed E-state index contributed by atoms with van der Waals surface area (Å²) in [5.74, 6) is -0.819. The number of rotatable bonds is 1. The molecule has 1 unspecified atom stereocenters. The Morgan fingerprint density at radius 2 is 1.91 bits per heavy atom. The quantitative estimate of drug-likeness (QED) is 0.817. The second-order valence-electron chi connectivity index (χ2n) is 6.29. The summed E-state index contributed by atoms with van der Waals surface area (Å²) in [7, 11) is 0. The average molecular weight is 349 g/mol. The first-order chi connectivity index (χ1) is 10.4. The third-order valence-corrected chi connectivity index (χ3v) is 3.84. The molecule has 1 aromatic carbocycles. The molecule has 2 rings (SSSR count). The van der Waals surface area contributed by atoms with E-state index in [9.17, 15) is 23.1 Å². The van der Waals surface area contributed by atoms with Crippen molar-refractivity contribution in [2.45, 2.75) is 32.7 Å². The maximum atomic E-state index is 13.0. The van der Waals surface area contributed by atoms with Gasteiger partial charge in [-0.1, -0.05) is 38.4 Å². The van der Waals surface area contributed by atoms with Crippen molar-refractivity contribution in [3.05, 3.63) is 46.6 Å². The summed E-state index contributed by atoms with van der Waals surface area (Å²) in [5, 5.41) is 11.6. The fraction of sp³-hybridized carbons (Fsp3) is 0.400. The summed E-state index contributed by atoms with van der Waals surface area (Å²) < 4.78 is 39.0. The zero-order valence-corrected chi connectivity index (χ0v) is 13.5. The summed E-state index contributed by atoms with van der Waals surface area (Å²) >= 11 is 5.81. The summed E-state index contributed by atoms with van der Waals surface area (Å²) in [6, 6.07) is 5.76. The van der Waals surface area contributed by atoms with Gasteiger partial charge in [0.1, 0.15) is 5.70 Å². The van der Waals surface area contributed by atoms with E-state index < -0.39 is 28.9 Å². The van der Waals surface area contributed by atoms with E-state index in [0.29, 0.717) is 11.1 Å². The van der Waals surface area contributed by atoms with Crippen molar-refractivity contribution in [2.75, 3.05) is 0 Å². The number of carbonyl (C=O) groups excluding carboxylic acids is 1. The monoisotopic (exact) mass is 348 g/mol. The van der Waals surface area contributed by atoms with Gasteiger partial charge in [0.05, 0.1) is 0 Å². The fourth-order valence-corrected chi connectivity index (χ4v) is 2.35. The van der Waals surface area contributed by atoms with Crippen LogP contribution in [0.3, 0.4) is 0 Å². The molecular weight excluding hydrogens is 333 g/mol. The van der Waals surface area contributed by atoms with E-state index in [2.05, 4.69) is 0 Å². The molecule has 0 bridgehead atoms. The summed E-state index contributed by atoms with van der Waals surface area (Å²) in [4.78, 5) is 12.6. The minimum Gasteiger partial charge on any atom is -0.365 e. The molecule has 1 amide bonds. The van der Waals surface area contributed by atoms with Crippen LogP contribution in [0.5, 0.6) is 0 Å². The highest BCUT2D eigenvalue weighted by molar-refractivity contribution is 6.30. The fourth-order valence-electron chi connectivity index (χ4n) is 2.16. The molecule has 0 fully saturated rings. The first-order valence-electron chi connectivity index (χ1n) is 6.75. The molecule has 1 heterocycles. The molecular formula is C15H16ClF3N2O2. The Bertz CT molecular complexity index is 667. The number of aliphatic hydroxyl groups is 1. The predicted octanol–water partition coefficient (Wildman–Crippen LogP) is 3.48. The Balaban J connectivity index is 2.47. The van der Waals surface area contributed by atoms with Crippen LogP contribution in [0, 0.1) is 5.41 Å². The molecule has 0 aliphatic carbocycles. The number of hydrogen-bond donors (Lipinski definition) is 2. The van der Waals surface area contributed by atoms with Crippen LogP contribution in [-0.4, -0.2) is 27.9 Å². The van der Waals surface area contributed by atoms with Crippen molar-refractivity contribution in [3.63, 3.8) is 0 Å². The molecule has 126 valence electrons. The van der Waals surface area contributed by atoms with Crippen molar-refractivity contribution >= 4 is 17.5 Å². The Morgan fingerprint density at radius 3 is 2.39 bits per heavy atom. The van der Waals surface area contributed by atoms with Gasteiger partial charge < -0.3 is 5.11 Å². The van der Waals surface area contributed by atoms with Gasteiger partial charge in [-0.15, -0.1) is 0 Å². The van der Waals surface area contributed by atoms with Crippen LogP contribution in [0.15, 0.2) is 36.0 Å². The Morgan fingerprint density at radius 1 is 1.30 bits per heavy atom. The van der Waals surface area contributed by atoms with E-state index in [-0.39, 0.29) is 10.6 Å².